The van der Waals surface area contributed by atoms with Crippen molar-refractivity contribution in [2.24, 2.45) is 0 Å². The molecule has 3 rings (SSSR count). The first-order valence-corrected chi connectivity index (χ1v) is 9.00. The fraction of sp³-hybridized carbons (Fsp3) is 0.400. The van der Waals surface area contributed by atoms with Crippen molar-refractivity contribution >= 4 is 11.8 Å². The van der Waals surface area contributed by atoms with Crippen LogP contribution in [-0.2, 0) is 6.42 Å². The van der Waals surface area contributed by atoms with Crippen molar-refractivity contribution in [3.63, 3.8) is 0 Å². The third-order valence-electron chi connectivity index (χ3n) is 4.64. The van der Waals surface area contributed by atoms with Crippen molar-refractivity contribution in [1.29, 1.82) is 0 Å². The van der Waals surface area contributed by atoms with Crippen molar-refractivity contribution < 1.29 is 9.59 Å². The molecule has 132 valence electrons. The number of hydrogen-bond donors (Lipinski definition) is 1. The topological polar surface area (TPSA) is 56.4 Å². The van der Waals surface area contributed by atoms with Gasteiger partial charge in [-0.1, -0.05) is 25.5 Å². The molecule has 2 heterocycles. The third kappa shape index (κ3) is 4.10. The maximum Gasteiger partial charge on any atom is 0.270 e. The summed E-state index contributed by atoms with van der Waals surface area (Å²) in [6.45, 7) is 4.65. The Morgan fingerprint density at radius 3 is 2.24 bits per heavy atom. The molecule has 2 amide bonds. The first-order valence-electron chi connectivity index (χ1n) is 9.00. The second kappa shape index (κ2) is 8.01. The predicted molar refractivity (Wildman–Crippen MR) is 97.7 cm³/mol. The van der Waals surface area contributed by atoms with Crippen LogP contribution in [0.15, 0.2) is 42.6 Å². The molecule has 1 aromatic heterocycles. The van der Waals surface area contributed by atoms with E-state index in [1.165, 1.54) is 5.56 Å². The van der Waals surface area contributed by atoms with Crippen LogP contribution in [0, 0.1) is 0 Å². The van der Waals surface area contributed by atoms with E-state index >= 15 is 0 Å². The molecule has 1 saturated heterocycles. The fourth-order valence-electron chi connectivity index (χ4n) is 3.24. The maximum absolute atomic E-state index is 12.7. The van der Waals surface area contributed by atoms with E-state index < -0.39 is 0 Å². The second-order valence-electron chi connectivity index (χ2n) is 6.47. The molecule has 25 heavy (non-hydrogen) atoms. The SMILES string of the molecule is CCCc1ccc(C(=O)N2CCCN(C(=O)c3ccc[nH]3)CC2)cc1. The highest BCUT2D eigenvalue weighted by atomic mass is 16.2. The minimum Gasteiger partial charge on any atom is -0.357 e. The smallest absolute Gasteiger partial charge is 0.270 e. The van der Waals surface area contributed by atoms with Gasteiger partial charge in [-0.2, -0.15) is 0 Å². The lowest BCUT2D eigenvalue weighted by Crippen LogP contribution is -2.37. The van der Waals surface area contributed by atoms with Crippen LogP contribution >= 0.6 is 0 Å². The van der Waals surface area contributed by atoms with Crippen LogP contribution in [0.1, 0.15) is 46.2 Å². The summed E-state index contributed by atoms with van der Waals surface area (Å²) in [4.78, 5) is 31.8. The number of rotatable bonds is 4. The summed E-state index contributed by atoms with van der Waals surface area (Å²) in [7, 11) is 0. The molecular weight excluding hydrogens is 314 g/mol. The molecule has 0 unspecified atom stereocenters. The Kier molecular flexibility index (Phi) is 5.53. The molecule has 0 spiro atoms. The van der Waals surface area contributed by atoms with Crippen LogP contribution in [0.4, 0.5) is 0 Å². The summed E-state index contributed by atoms with van der Waals surface area (Å²) in [6, 6.07) is 11.5. The van der Waals surface area contributed by atoms with Crippen LogP contribution in [0.25, 0.3) is 0 Å². The monoisotopic (exact) mass is 339 g/mol. The number of aromatic nitrogens is 1. The van der Waals surface area contributed by atoms with E-state index in [1.807, 2.05) is 40.1 Å². The largest absolute Gasteiger partial charge is 0.357 e. The lowest BCUT2D eigenvalue weighted by molar-refractivity contribution is 0.0716. The molecule has 0 saturated carbocycles. The quantitative estimate of drug-likeness (QED) is 0.931. The molecule has 1 fully saturated rings. The van der Waals surface area contributed by atoms with Crippen LogP contribution in [-0.4, -0.2) is 52.8 Å². The normalized spacial score (nSPS) is 15.1. The van der Waals surface area contributed by atoms with Gasteiger partial charge in [0.1, 0.15) is 5.69 Å². The van der Waals surface area contributed by atoms with E-state index in [1.54, 1.807) is 12.3 Å². The van der Waals surface area contributed by atoms with Gasteiger partial charge in [0, 0.05) is 37.9 Å². The number of aromatic amines is 1. The van der Waals surface area contributed by atoms with Gasteiger partial charge in [0.05, 0.1) is 0 Å². The van der Waals surface area contributed by atoms with Gasteiger partial charge in [0.25, 0.3) is 11.8 Å². The molecule has 1 N–H and O–H groups in total. The van der Waals surface area contributed by atoms with Crippen LogP contribution in [0.3, 0.4) is 0 Å². The molecule has 0 atom stereocenters. The van der Waals surface area contributed by atoms with E-state index in [-0.39, 0.29) is 11.8 Å². The lowest BCUT2D eigenvalue weighted by Gasteiger charge is -2.22. The van der Waals surface area contributed by atoms with Crippen molar-refractivity contribution in [2.45, 2.75) is 26.2 Å². The third-order valence-corrected chi connectivity index (χ3v) is 4.64. The van der Waals surface area contributed by atoms with Crippen molar-refractivity contribution in [3.05, 3.63) is 59.4 Å². The van der Waals surface area contributed by atoms with Gasteiger partial charge >= 0.3 is 0 Å². The molecule has 1 aromatic carbocycles. The summed E-state index contributed by atoms with van der Waals surface area (Å²) in [6.07, 6.45) is 4.69. The van der Waals surface area contributed by atoms with Gasteiger partial charge in [-0.15, -0.1) is 0 Å². The molecule has 5 nitrogen and oxygen atoms in total. The highest BCUT2D eigenvalue weighted by molar-refractivity contribution is 5.95. The summed E-state index contributed by atoms with van der Waals surface area (Å²) in [5.41, 5.74) is 2.59. The number of H-pyrrole nitrogens is 1. The molecule has 2 aromatic rings. The molecule has 0 bridgehead atoms. The first kappa shape index (κ1) is 17.3. The van der Waals surface area contributed by atoms with E-state index in [4.69, 9.17) is 0 Å². The zero-order valence-electron chi connectivity index (χ0n) is 14.7. The van der Waals surface area contributed by atoms with Crippen molar-refractivity contribution in [1.82, 2.24) is 14.8 Å². The van der Waals surface area contributed by atoms with Gasteiger partial charge in [-0.25, -0.2) is 0 Å². The number of benzene rings is 1. The van der Waals surface area contributed by atoms with E-state index in [9.17, 15) is 9.59 Å². The van der Waals surface area contributed by atoms with Gasteiger partial charge in [-0.3, -0.25) is 9.59 Å². The standard InChI is InChI=1S/C20H25N3O2/c1-2-5-16-7-9-17(10-8-16)19(24)22-12-4-13-23(15-14-22)20(25)18-6-3-11-21-18/h3,6-11,21H,2,4-5,12-15H2,1H3. The number of nitrogens with one attached hydrogen (secondary N) is 1. The Bertz CT molecular complexity index is 707. The zero-order valence-corrected chi connectivity index (χ0v) is 14.7. The van der Waals surface area contributed by atoms with E-state index in [0.717, 1.165) is 24.8 Å². The first-order chi connectivity index (χ1) is 12.2. The lowest BCUT2D eigenvalue weighted by atomic mass is 10.1. The molecule has 0 aliphatic carbocycles. The fourth-order valence-corrected chi connectivity index (χ4v) is 3.24. The van der Waals surface area contributed by atoms with E-state index in [2.05, 4.69) is 11.9 Å². The summed E-state index contributed by atoms with van der Waals surface area (Å²) < 4.78 is 0. The Labute approximate surface area is 148 Å². The average Bonchev–Trinajstić information content (AvgIpc) is 3.06. The molecule has 0 radical (unpaired) electrons. The van der Waals surface area contributed by atoms with Crippen LogP contribution < -0.4 is 0 Å². The zero-order chi connectivity index (χ0) is 17.6. The van der Waals surface area contributed by atoms with Gasteiger partial charge in [0.15, 0.2) is 0 Å². The Hall–Kier alpha value is -2.56. The van der Waals surface area contributed by atoms with Crippen LogP contribution in [0.5, 0.6) is 0 Å². The summed E-state index contributed by atoms with van der Waals surface area (Å²) in [5, 5.41) is 0. The number of carbonyl (C=O) groups is 2. The number of aryl methyl sites for hydroxylation is 1. The summed E-state index contributed by atoms with van der Waals surface area (Å²) >= 11 is 0. The maximum atomic E-state index is 12.7. The highest BCUT2D eigenvalue weighted by Gasteiger charge is 2.23. The number of hydrogen-bond acceptors (Lipinski definition) is 2. The minimum absolute atomic E-state index is 0.00298. The molecule has 1 aliphatic heterocycles. The minimum atomic E-state index is 0.00298. The van der Waals surface area contributed by atoms with Gasteiger partial charge in [-0.05, 0) is 42.7 Å². The Balaban J connectivity index is 1.62. The van der Waals surface area contributed by atoms with Crippen molar-refractivity contribution in [2.75, 3.05) is 26.2 Å². The van der Waals surface area contributed by atoms with Gasteiger partial charge in [0.2, 0.25) is 0 Å². The summed E-state index contributed by atoms with van der Waals surface area (Å²) in [5.74, 6) is 0.0560. The highest BCUT2D eigenvalue weighted by Crippen LogP contribution is 2.13. The Morgan fingerprint density at radius 1 is 0.960 bits per heavy atom. The molecule has 1 aliphatic rings. The molecule has 5 heteroatoms. The average molecular weight is 339 g/mol. The second-order valence-corrected chi connectivity index (χ2v) is 6.47. The Morgan fingerprint density at radius 2 is 1.64 bits per heavy atom. The number of nitrogens with zero attached hydrogens (tertiary/aromatic N) is 2. The van der Waals surface area contributed by atoms with E-state index in [0.29, 0.717) is 31.9 Å². The molecular formula is C20H25N3O2. The van der Waals surface area contributed by atoms with Crippen LogP contribution in [0.2, 0.25) is 0 Å². The predicted octanol–water partition coefficient (Wildman–Crippen LogP) is 2.96. The van der Waals surface area contributed by atoms with Crippen molar-refractivity contribution in [3.8, 4) is 0 Å². The number of amides is 2. The number of carbonyl (C=O) groups excluding carboxylic acids is 2. The van der Waals surface area contributed by atoms with Gasteiger partial charge < -0.3 is 14.8 Å².